The lowest BCUT2D eigenvalue weighted by Crippen LogP contribution is -2.61. The number of fused-ring (bicyclic) bond motifs is 5. The van der Waals surface area contributed by atoms with E-state index in [0.717, 1.165) is 12.8 Å². The van der Waals surface area contributed by atoms with Gasteiger partial charge in [0.1, 0.15) is 0 Å². The van der Waals surface area contributed by atoms with Crippen LogP contribution in [0.2, 0.25) is 0 Å². The summed E-state index contributed by atoms with van der Waals surface area (Å²) in [5, 5.41) is 0. The van der Waals surface area contributed by atoms with Crippen LogP contribution in [0.15, 0.2) is 109 Å². The maximum absolute atomic E-state index is 2.70. The Kier molecular flexibility index (Phi) is 9.95. The summed E-state index contributed by atoms with van der Waals surface area (Å²) in [4.78, 5) is 5.34. The van der Waals surface area contributed by atoms with Crippen molar-refractivity contribution in [3.8, 4) is 11.1 Å². The number of hydrogen-bond donors (Lipinski definition) is 0. The highest BCUT2D eigenvalue weighted by Gasteiger charge is 2.46. The predicted molar refractivity (Wildman–Crippen MR) is 276 cm³/mol. The van der Waals surface area contributed by atoms with E-state index in [1.54, 1.807) is 0 Å². The fourth-order valence-corrected chi connectivity index (χ4v) is 10.6. The summed E-state index contributed by atoms with van der Waals surface area (Å²) in [5.74, 6) is 0.324. The highest BCUT2D eigenvalue weighted by Crippen LogP contribution is 2.50. The first-order valence-corrected chi connectivity index (χ1v) is 23.7. The van der Waals surface area contributed by atoms with E-state index in [1.165, 1.54) is 101 Å². The monoisotopic (exact) mass is 831 g/mol. The topological polar surface area (TPSA) is 6.48 Å². The lowest BCUT2D eigenvalue weighted by Gasteiger charge is -2.45. The van der Waals surface area contributed by atoms with Crippen molar-refractivity contribution in [3.05, 3.63) is 148 Å². The highest BCUT2D eigenvalue weighted by atomic mass is 15.2. The minimum absolute atomic E-state index is 0.00718. The van der Waals surface area contributed by atoms with Crippen LogP contribution in [-0.2, 0) is 34.5 Å². The fourth-order valence-electron chi connectivity index (χ4n) is 10.6. The van der Waals surface area contributed by atoms with Gasteiger partial charge in [0.05, 0.1) is 5.69 Å². The van der Waals surface area contributed by atoms with Crippen molar-refractivity contribution in [1.82, 2.24) is 0 Å². The van der Waals surface area contributed by atoms with Crippen LogP contribution >= 0.6 is 0 Å². The molecule has 2 nitrogen and oxygen atoms in total. The summed E-state index contributed by atoms with van der Waals surface area (Å²) in [6.07, 6.45) is 2.19. The largest absolute Gasteiger partial charge is 0.311 e. The van der Waals surface area contributed by atoms with Crippen molar-refractivity contribution in [1.29, 1.82) is 0 Å². The Labute approximate surface area is 381 Å². The third kappa shape index (κ3) is 7.56. The molecule has 0 aromatic heterocycles. The van der Waals surface area contributed by atoms with Crippen molar-refractivity contribution in [2.45, 2.75) is 151 Å². The summed E-state index contributed by atoms with van der Waals surface area (Å²) in [7, 11) is 0. The van der Waals surface area contributed by atoms with E-state index in [4.69, 9.17) is 0 Å². The van der Waals surface area contributed by atoms with E-state index in [1.807, 2.05) is 0 Å². The Morgan fingerprint density at radius 1 is 0.476 bits per heavy atom. The molecule has 0 N–H and O–H groups in total. The van der Waals surface area contributed by atoms with E-state index in [9.17, 15) is 0 Å². The van der Waals surface area contributed by atoms with Crippen LogP contribution < -0.4 is 26.2 Å². The second-order valence-electron chi connectivity index (χ2n) is 24.6. The summed E-state index contributed by atoms with van der Waals surface area (Å²) < 4.78 is 0. The first-order chi connectivity index (χ1) is 29.3. The normalized spacial score (nSPS) is 15.7. The average Bonchev–Trinajstić information content (AvgIpc) is 3.50. The van der Waals surface area contributed by atoms with Crippen molar-refractivity contribution < 1.29 is 0 Å². The van der Waals surface area contributed by atoms with Gasteiger partial charge in [0.15, 0.2) is 0 Å². The van der Waals surface area contributed by atoms with Gasteiger partial charge in [-0.3, -0.25) is 0 Å². The summed E-state index contributed by atoms with van der Waals surface area (Å²) in [6.45, 7) is 37.8. The molecule has 0 amide bonds. The van der Waals surface area contributed by atoms with Gasteiger partial charge in [-0.1, -0.05) is 171 Å². The minimum atomic E-state index is -0.0132. The van der Waals surface area contributed by atoms with Gasteiger partial charge in [-0.15, -0.1) is 0 Å². The van der Waals surface area contributed by atoms with Crippen LogP contribution in [0, 0.1) is 5.41 Å². The molecular weight excluding hydrogens is 759 g/mol. The van der Waals surface area contributed by atoms with Gasteiger partial charge < -0.3 is 9.80 Å². The SMILES string of the molecule is CC(C)c1cc2c3c(c1)N(c1ccc(C(C)(C)C)cc1-c1cccc(C(C)(C)C)c1)c1cc4c(cc1B3c1ccc(C(C)(C)C)cc1N2c1cccc(C(C)(C)C)c1)CC(C)(C)C4. The second-order valence-corrected chi connectivity index (χ2v) is 24.6. The Morgan fingerprint density at radius 2 is 1.00 bits per heavy atom. The van der Waals surface area contributed by atoms with Gasteiger partial charge in [-0.25, -0.2) is 0 Å². The van der Waals surface area contributed by atoms with Gasteiger partial charge in [0, 0.05) is 34.0 Å². The number of anilines is 6. The number of rotatable bonds is 4. The molecule has 0 radical (unpaired) electrons. The molecule has 0 spiro atoms. The van der Waals surface area contributed by atoms with Gasteiger partial charge in [0.2, 0.25) is 0 Å². The van der Waals surface area contributed by atoms with Crippen LogP contribution in [0.5, 0.6) is 0 Å². The minimum Gasteiger partial charge on any atom is -0.311 e. The van der Waals surface area contributed by atoms with Gasteiger partial charge >= 0.3 is 0 Å². The lowest BCUT2D eigenvalue weighted by molar-refractivity contribution is 0.392. The molecule has 0 saturated heterocycles. The third-order valence-electron chi connectivity index (χ3n) is 14.4. The lowest BCUT2D eigenvalue weighted by atomic mass is 9.33. The van der Waals surface area contributed by atoms with Crippen LogP contribution in [0.4, 0.5) is 34.1 Å². The van der Waals surface area contributed by atoms with E-state index in [-0.39, 0.29) is 33.8 Å². The average molecular weight is 831 g/mol. The maximum atomic E-state index is 2.70. The smallest absolute Gasteiger partial charge is 0.252 e. The van der Waals surface area contributed by atoms with E-state index in [2.05, 4.69) is 230 Å². The van der Waals surface area contributed by atoms with Gasteiger partial charge in [-0.2, -0.15) is 0 Å². The zero-order chi connectivity index (χ0) is 45.3. The number of benzene rings is 6. The zero-order valence-corrected chi connectivity index (χ0v) is 41.4. The molecule has 6 aromatic rings. The van der Waals surface area contributed by atoms with Crippen LogP contribution in [0.3, 0.4) is 0 Å². The maximum Gasteiger partial charge on any atom is 0.252 e. The highest BCUT2D eigenvalue weighted by molar-refractivity contribution is 7.00. The molecule has 0 fully saturated rings. The Bertz CT molecular complexity index is 2790. The van der Waals surface area contributed by atoms with Gasteiger partial charge in [-0.05, 0) is 155 Å². The molecule has 2 heterocycles. The molecule has 6 aromatic carbocycles. The van der Waals surface area contributed by atoms with E-state index < -0.39 is 0 Å². The van der Waals surface area contributed by atoms with Crippen molar-refractivity contribution in [2.24, 2.45) is 5.41 Å². The Balaban J connectivity index is 1.42. The first-order valence-electron chi connectivity index (χ1n) is 23.7. The Morgan fingerprint density at radius 3 is 1.62 bits per heavy atom. The van der Waals surface area contributed by atoms with Crippen molar-refractivity contribution in [2.75, 3.05) is 9.80 Å². The van der Waals surface area contributed by atoms with Crippen molar-refractivity contribution >= 4 is 57.2 Å². The van der Waals surface area contributed by atoms with E-state index in [0.29, 0.717) is 5.92 Å². The molecule has 9 rings (SSSR count). The quantitative estimate of drug-likeness (QED) is 0.163. The van der Waals surface area contributed by atoms with Gasteiger partial charge in [0.25, 0.3) is 6.71 Å². The van der Waals surface area contributed by atoms with E-state index >= 15 is 0 Å². The molecule has 2 aliphatic heterocycles. The molecule has 3 aliphatic rings. The Hall–Kier alpha value is -5.02. The molecule has 324 valence electrons. The number of nitrogens with zero attached hydrogens (tertiary/aromatic N) is 2. The molecule has 0 atom stereocenters. The van der Waals surface area contributed by atoms with Crippen LogP contribution in [0.25, 0.3) is 11.1 Å². The molecule has 63 heavy (non-hydrogen) atoms. The van der Waals surface area contributed by atoms with Crippen LogP contribution in [0.1, 0.15) is 156 Å². The molecule has 1 aliphatic carbocycles. The zero-order valence-electron chi connectivity index (χ0n) is 41.4. The first kappa shape index (κ1) is 43.2. The summed E-state index contributed by atoms with van der Waals surface area (Å²) in [6, 6.07) is 43.9. The summed E-state index contributed by atoms with van der Waals surface area (Å²) in [5.41, 5.74) is 24.4. The molecular formula is C60H71BN2. The number of hydrogen-bond acceptors (Lipinski definition) is 2. The predicted octanol–water partition coefficient (Wildman–Crippen LogP) is 14.9. The molecule has 3 heteroatoms. The van der Waals surface area contributed by atoms with Crippen LogP contribution in [-0.4, -0.2) is 6.71 Å². The second kappa shape index (κ2) is 14.5. The standard InChI is InChI=1S/C60H71BN2/c1-37(2)39-29-53-55-54(30-39)63(50-26-24-44(58(9,10)11)33-47(50)38-19-17-20-42(27-38)56(3,4)5)51-31-41-36-60(15,16)35-40(41)28-49(51)61(55)48-25-23-45(59(12,13)14)34-52(48)62(53)46-22-18-21-43(32-46)57(6,7)8/h17-34,37H,35-36H2,1-16H3. The third-order valence-corrected chi connectivity index (χ3v) is 14.4. The molecule has 0 unspecified atom stereocenters. The molecule has 0 saturated carbocycles. The molecule has 0 bridgehead atoms. The fraction of sp³-hybridized carbons (Fsp3) is 0.400. The summed E-state index contributed by atoms with van der Waals surface area (Å²) >= 11 is 0. The van der Waals surface area contributed by atoms with Crippen molar-refractivity contribution in [3.63, 3.8) is 0 Å².